The van der Waals surface area contributed by atoms with Crippen molar-refractivity contribution in [3.05, 3.63) is 52.2 Å². The van der Waals surface area contributed by atoms with E-state index in [9.17, 15) is 14.9 Å². The van der Waals surface area contributed by atoms with Crippen molar-refractivity contribution in [2.45, 2.75) is 6.92 Å². The lowest BCUT2D eigenvalue weighted by Gasteiger charge is -1.99. The number of nitrogens with zero attached hydrogens (tertiary/aromatic N) is 1. The fourth-order valence-corrected chi connectivity index (χ4v) is 0.857. The second-order valence-electron chi connectivity index (χ2n) is 2.78. The monoisotopic (exact) mass is 207 g/mol. The van der Waals surface area contributed by atoms with Crippen LogP contribution in [-0.4, -0.2) is 10.9 Å². The maximum atomic E-state index is 11.1. The highest BCUT2D eigenvalue weighted by atomic mass is 16.6. The van der Waals surface area contributed by atoms with E-state index in [-0.39, 0.29) is 5.70 Å². The van der Waals surface area contributed by atoms with E-state index in [1.165, 1.54) is 6.92 Å². The van der Waals surface area contributed by atoms with Crippen molar-refractivity contribution < 1.29 is 14.5 Å². The van der Waals surface area contributed by atoms with Crippen molar-refractivity contribution in [2.24, 2.45) is 0 Å². The average Bonchev–Trinajstić information content (AvgIpc) is 2.18. The Hall–Kier alpha value is -2.17. The van der Waals surface area contributed by atoms with Gasteiger partial charge in [0.1, 0.15) is 5.75 Å². The number of hydrogen-bond donors (Lipinski definition) is 0. The fourth-order valence-electron chi connectivity index (χ4n) is 0.857. The zero-order valence-corrected chi connectivity index (χ0v) is 8.04. The Morgan fingerprint density at radius 3 is 2.53 bits per heavy atom. The molecule has 0 aliphatic rings. The van der Waals surface area contributed by atoms with Crippen LogP contribution in [0.4, 0.5) is 0 Å². The van der Waals surface area contributed by atoms with Gasteiger partial charge in [-0.15, -0.1) is 0 Å². The summed E-state index contributed by atoms with van der Waals surface area (Å²) in [5.74, 6) is -0.398. The molecule has 1 rings (SSSR count). The number of allylic oxidation sites excluding steroid dienone is 1. The van der Waals surface area contributed by atoms with Crippen molar-refractivity contribution in [2.75, 3.05) is 0 Å². The third-order valence-corrected chi connectivity index (χ3v) is 1.58. The van der Waals surface area contributed by atoms with Crippen molar-refractivity contribution >= 4 is 5.97 Å². The minimum atomic E-state index is -0.754. The van der Waals surface area contributed by atoms with Gasteiger partial charge >= 0.3 is 5.97 Å². The topological polar surface area (TPSA) is 69.4 Å². The van der Waals surface area contributed by atoms with E-state index in [1.54, 1.807) is 30.3 Å². The molecule has 0 bridgehead atoms. The Kier molecular flexibility index (Phi) is 3.56. The van der Waals surface area contributed by atoms with Crippen molar-refractivity contribution in [3.63, 3.8) is 0 Å². The van der Waals surface area contributed by atoms with Crippen LogP contribution in [0.3, 0.4) is 0 Å². The van der Waals surface area contributed by atoms with E-state index >= 15 is 0 Å². The molecule has 0 saturated heterocycles. The summed E-state index contributed by atoms with van der Waals surface area (Å²) in [7, 11) is 0. The number of esters is 1. The molecule has 0 spiro atoms. The van der Waals surface area contributed by atoms with E-state index in [1.807, 2.05) is 0 Å². The number of nitro groups is 1. The Balaban J connectivity index is 2.65. The molecule has 1 aromatic carbocycles. The summed E-state index contributed by atoms with van der Waals surface area (Å²) in [5, 5.41) is 10.2. The Bertz CT molecular complexity index is 397. The molecule has 0 aliphatic heterocycles. The van der Waals surface area contributed by atoms with Crippen LogP contribution in [0.25, 0.3) is 0 Å². The maximum absolute atomic E-state index is 11.1. The average molecular weight is 207 g/mol. The lowest BCUT2D eigenvalue weighted by atomic mass is 10.3. The summed E-state index contributed by atoms with van der Waals surface area (Å²) in [5.41, 5.74) is -0.254. The van der Waals surface area contributed by atoms with Crippen molar-refractivity contribution in [3.8, 4) is 5.75 Å². The molecule has 0 radical (unpaired) electrons. The first-order valence-corrected chi connectivity index (χ1v) is 4.19. The van der Waals surface area contributed by atoms with Crippen molar-refractivity contribution in [1.29, 1.82) is 0 Å². The van der Waals surface area contributed by atoms with Crippen LogP contribution >= 0.6 is 0 Å². The number of ether oxygens (including phenoxy) is 1. The molecule has 0 amide bonds. The highest BCUT2D eigenvalue weighted by molar-refractivity contribution is 5.84. The lowest BCUT2D eigenvalue weighted by Crippen LogP contribution is -2.07. The SMILES string of the molecule is C/C(=C/C(=O)Oc1ccccc1)[N+](=O)[O-]. The van der Waals surface area contributed by atoms with Gasteiger partial charge in [0.05, 0.1) is 11.0 Å². The van der Waals surface area contributed by atoms with E-state index in [0.717, 1.165) is 6.08 Å². The Morgan fingerprint density at radius 2 is 2.00 bits per heavy atom. The predicted molar refractivity (Wildman–Crippen MR) is 52.8 cm³/mol. The second kappa shape index (κ2) is 4.90. The van der Waals surface area contributed by atoms with E-state index < -0.39 is 10.9 Å². The molecule has 1 aromatic rings. The molecule has 0 aromatic heterocycles. The molecule has 0 fully saturated rings. The van der Waals surface area contributed by atoms with Gasteiger partial charge in [-0.2, -0.15) is 0 Å². The van der Waals surface area contributed by atoms with Gasteiger partial charge in [-0.05, 0) is 12.1 Å². The molecular weight excluding hydrogens is 198 g/mol. The van der Waals surface area contributed by atoms with E-state index in [0.29, 0.717) is 5.75 Å². The van der Waals surface area contributed by atoms with Crippen LogP contribution in [-0.2, 0) is 4.79 Å². The van der Waals surface area contributed by atoms with Gasteiger partial charge in [0.15, 0.2) is 0 Å². The minimum Gasteiger partial charge on any atom is -0.423 e. The first-order chi connectivity index (χ1) is 7.09. The van der Waals surface area contributed by atoms with Crippen LogP contribution < -0.4 is 4.74 Å². The van der Waals surface area contributed by atoms with Gasteiger partial charge in [0.25, 0.3) is 0 Å². The third-order valence-electron chi connectivity index (χ3n) is 1.58. The molecule has 78 valence electrons. The smallest absolute Gasteiger partial charge is 0.342 e. The number of benzene rings is 1. The summed E-state index contributed by atoms with van der Waals surface area (Å²) in [6, 6.07) is 8.36. The van der Waals surface area contributed by atoms with Gasteiger partial charge in [-0.3, -0.25) is 10.1 Å². The number of rotatable bonds is 3. The van der Waals surface area contributed by atoms with Gasteiger partial charge in [0.2, 0.25) is 5.70 Å². The summed E-state index contributed by atoms with van der Waals surface area (Å²) in [4.78, 5) is 20.7. The zero-order valence-electron chi connectivity index (χ0n) is 8.04. The number of carbonyl (C=O) groups excluding carboxylic acids is 1. The van der Waals surface area contributed by atoms with Gasteiger partial charge in [-0.1, -0.05) is 18.2 Å². The first-order valence-electron chi connectivity index (χ1n) is 4.19. The number of hydrogen-bond acceptors (Lipinski definition) is 4. The van der Waals surface area contributed by atoms with Crippen LogP contribution in [0, 0.1) is 10.1 Å². The Labute approximate surface area is 86.1 Å². The predicted octanol–water partition coefficient (Wildman–Crippen LogP) is 1.77. The molecule has 5 heteroatoms. The zero-order chi connectivity index (χ0) is 11.3. The van der Waals surface area contributed by atoms with Gasteiger partial charge in [-0.25, -0.2) is 4.79 Å². The quantitative estimate of drug-likeness (QED) is 0.249. The molecular formula is C10H9NO4. The van der Waals surface area contributed by atoms with Crippen LogP contribution in [0.1, 0.15) is 6.92 Å². The molecule has 0 saturated carbocycles. The fraction of sp³-hybridized carbons (Fsp3) is 0.100. The van der Waals surface area contributed by atoms with Crippen LogP contribution in [0.2, 0.25) is 0 Å². The maximum Gasteiger partial charge on any atom is 0.342 e. The molecule has 0 N–H and O–H groups in total. The van der Waals surface area contributed by atoms with E-state index in [2.05, 4.69) is 0 Å². The molecule has 0 aliphatic carbocycles. The number of carbonyl (C=O) groups is 1. The van der Waals surface area contributed by atoms with Crippen molar-refractivity contribution in [1.82, 2.24) is 0 Å². The molecule has 0 atom stereocenters. The highest BCUT2D eigenvalue weighted by Gasteiger charge is 2.08. The minimum absolute atomic E-state index is 0.254. The summed E-state index contributed by atoms with van der Waals surface area (Å²) in [6.45, 7) is 1.23. The Morgan fingerprint density at radius 1 is 1.40 bits per heavy atom. The van der Waals surface area contributed by atoms with Gasteiger partial charge < -0.3 is 4.74 Å². The van der Waals surface area contributed by atoms with Crippen LogP contribution in [0.15, 0.2) is 42.1 Å². The largest absolute Gasteiger partial charge is 0.423 e. The second-order valence-corrected chi connectivity index (χ2v) is 2.78. The summed E-state index contributed by atoms with van der Waals surface area (Å²) >= 11 is 0. The highest BCUT2D eigenvalue weighted by Crippen LogP contribution is 2.09. The lowest BCUT2D eigenvalue weighted by molar-refractivity contribution is -0.424. The normalized spacial score (nSPS) is 10.9. The van der Waals surface area contributed by atoms with Gasteiger partial charge in [0, 0.05) is 6.92 Å². The summed E-state index contributed by atoms with van der Waals surface area (Å²) in [6.07, 6.45) is 0.840. The van der Waals surface area contributed by atoms with E-state index in [4.69, 9.17) is 4.74 Å². The first kappa shape index (κ1) is 10.9. The number of para-hydroxylation sites is 1. The molecule has 0 unspecified atom stereocenters. The molecule has 0 heterocycles. The third kappa shape index (κ3) is 3.60. The standard InChI is InChI=1S/C10H9NO4/c1-8(11(13)14)7-10(12)15-9-5-3-2-4-6-9/h2-7H,1H3/b8-7-. The summed E-state index contributed by atoms with van der Waals surface area (Å²) < 4.78 is 4.82. The van der Waals surface area contributed by atoms with Crippen LogP contribution in [0.5, 0.6) is 5.75 Å². The molecule has 5 nitrogen and oxygen atoms in total. The molecule has 15 heavy (non-hydrogen) atoms.